The van der Waals surface area contributed by atoms with Crippen molar-refractivity contribution in [1.29, 1.82) is 0 Å². The maximum absolute atomic E-state index is 12.3. The normalized spacial score (nSPS) is 27.8. The van der Waals surface area contributed by atoms with Crippen LogP contribution in [0.25, 0.3) is 0 Å². The standard InChI is InChI=1S/C39H40ClNO7/c1-3-43-32-17-14-27(15-18-32)20-30-21-31(16-19-33(30)40)39-36(45-24-29-12-8-5-9-13-29)35(44-23-28-10-6-4-7-11-28)26(2)38(48-39,25-46-39)34-22-41-37(42)47-34/h4-19,21,26,34-36H,3,20,22-25H2,1-2H3,(H,41,42)/t26-,34?,35-,36+,38-,39-/m0/s1. The summed E-state index contributed by atoms with van der Waals surface area (Å²) >= 11 is 6.83. The lowest BCUT2D eigenvalue weighted by molar-refractivity contribution is -0.342. The summed E-state index contributed by atoms with van der Waals surface area (Å²) in [7, 11) is 0. The summed E-state index contributed by atoms with van der Waals surface area (Å²) in [5, 5.41) is 3.44. The summed E-state index contributed by atoms with van der Waals surface area (Å²) in [5.74, 6) is -0.830. The Morgan fingerprint density at radius 1 is 0.875 bits per heavy atom. The molecule has 3 aliphatic rings. The van der Waals surface area contributed by atoms with Gasteiger partial charge in [0.1, 0.15) is 17.5 Å². The number of amides is 1. The first-order chi connectivity index (χ1) is 23.4. The molecule has 3 heterocycles. The molecule has 48 heavy (non-hydrogen) atoms. The quantitative estimate of drug-likeness (QED) is 0.171. The molecule has 4 aromatic rings. The Morgan fingerprint density at radius 2 is 1.56 bits per heavy atom. The molecule has 3 saturated heterocycles. The van der Waals surface area contributed by atoms with Crippen LogP contribution in [0.15, 0.2) is 103 Å². The van der Waals surface area contributed by atoms with Crippen LogP contribution in [0.5, 0.6) is 5.75 Å². The second kappa shape index (κ2) is 13.9. The van der Waals surface area contributed by atoms with Crippen molar-refractivity contribution in [2.75, 3.05) is 19.8 Å². The summed E-state index contributed by atoms with van der Waals surface area (Å²) in [5.41, 5.74) is 3.80. The fourth-order valence-corrected chi connectivity index (χ4v) is 7.27. The van der Waals surface area contributed by atoms with Crippen LogP contribution in [0, 0.1) is 5.92 Å². The minimum Gasteiger partial charge on any atom is -0.494 e. The highest BCUT2D eigenvalue weighted by atomic mass is 35.5. The summed E-state index contributed by atoms with van der Waals surface area (Å²) in [6.07, 6.45) is -1.65. The number of ether oxygens (including phenoxy) is 6. The van der Waals surface area contributed by atoms with Crippen LogP contribution in [-0.2, 0) is 49.1 Å². The zero-order chi connectivity index (χ0) is 33.1. The first-order valence-electron chi connectivity index (χ1n) is 16.5. The van der Waals surface area contributed by atoms with Crippen molar-refractivity contribution < 1.29 is 33.2 Å². The van der Waals surface area contributed by atoms with Gasteiger partial charge in [0.2, 0.25) is 5.79 Å². The number of nitrogens with one attached hydrogen (secondary N) is 1. The molecule has 3 fully saturated rings. The predicted molar refractivity (Wildman–Crippen MR) is 181 cm³/mol. The van der Waals surface area contributed by atoms with Crippen molar-refractivity contribution >= 4 is 17.7 Å². The zero-order valence-electron chi connectivity index (χ0n) is 27.1. The molecule has 0 saturated carbocycles. The van der Waals surface area contributed by atoms with E-state index in [4.69, 9.17) is 40.0 Å². The van der Waals surface area contributed by atoms with Crippen molar-refractivity contribution in [2.24, 2.45) is 5.92 Å². The average Bonchev–Trinajstić information content (AvgIpc) is 3.72. The number of halogens is 1. The maximum Gasteiger partial charge on any atom is 0.407 e. The van der Waals surface area contributed by atoms with Gasteiger partial charge in [-0.25, -0.2) is 4.79 Å². The third-order valence-corrected chi connectivity index (χ3v) is 10.0. The lowest BCUT2D eigenvalue weighted by atomic mass is 9.74. The number of benzene rings is 4. The number of rotatable bonds is 12. The first-order valence-corrected chi connectivity index (χ1v) is 16.9. The van der Waals surface area contributed by atoms with Gasteiger partial charge in [-0.05, 0) is 59.9 Å². The molecule has 0 aromatic heterocycles. The van der Waals surface area contributed by atoms with Gasteiger partial charge >= 0.3 is 6.09 Å². The molecule has 2 bridgehead atoms. The number of fused-ring (bicyclic) bond motifs is 2. The Morgan fingerprint density at radius 3 is 2.21 bits per heavy atom. The second-order valence-electron chi connectivity index (χ2n) is 12.6. The van der Waals surface area contributed by atoms with Crippen LogP contribution in [0.1, 0.15) is 41.7 Å². The lowest BCUT2D eigenvalue weighted by Gasteiger charge is -2.51. The highest BCUT2D eigenvalue weighted by Crippen LogP contribution is 2.56. The van der Waals surface area contributed by atoms with E-state index in [1.807, 2.05) is 110 Å². The average molecular weight is 670 g/mol. The lowest BCUT2D eigenvalue weighted by Crippen LogP contribution is -2.66. The molecule has 1 N–H and O–H groups in total. The molecule has 250 valence electrons. The molecule has 3 aliphatic heterocycles. The van der Waals surface area contributed by atoms with Crippen molar-refractivity contribution in [3.8, 4) is 5.75 Å². The van der Waals surface area contributed by atoms with Crippen molar-refractivity contribution in [3.63, 3.8) is 0 Å². The monoisotopic (exact) mass is 669 g/mol. The van der Waals surface area contributed by atoms with Crippen LogP contribution >= 0.6 is 11.6 Å². The van der Waals surface area contributed by atoms with Crippen LogP contribution in [0.2, 0.25) is 5.02 Å². The number of alkyl carbamates (subject to hydrolysis) is 1. The molecule has 1 unspecified atom stereocenters. The van der Waals surface area contributed by atoms with E-state index >= 15 is 0 Å². The third kappa shape index (κ3) is 6.31. The molecular formula is C39H40ClNO7. The van der Waals surface area contributed by atoms with E-state index in [2.05, 4.69) is 12.2 Å². The van der Waals surface area contributed by atoms with E-state index in [0.717, 1.165) is 33.6 Å². The van der Waals surface area contributed by atoms with Crippen molar-refractivity contribution in [3.05, 3.63) is 136 Å². The molecule has 0 spiro atoms. The number of carbonyl (C=O) groups excluding carboxylic acids is 1. The van der Waals surface area contributed by atoms with Crippen molar-refractivity contribution in [2.45, 2.75) is 63.2 Å². The zero-order valence-corrected chi connectivity index (χ0v) is 27.9. The second-order valence-corrected chi connectivity index (χ2v) is 13.0. The van der Waals surface area contributed by atoms with E-state index in [1.165, 1.54) is 0 Å². The van der Waals surface area contributed by atoms with Gasteiger partial charge in [-0.15, -0.1) is 0 Å². The minimum absolute atomic E-state index is 0.182. The molecule has 1 amide bonds. The molecule has 0 radical (unpaired) electrons. The molecule has 6 atom stereocenters. The minimum atomic E-state index is -1.38. The third-order valence-electron chi connectivity index (χ3n) is 9.65. The SMILES string of the molecule is CCOc1ccc(Cc2cc([C@]34OC[C@](C5CNC(=O)O5)(O3)[C@@H](C)[C@H](OCc3ccccc3)[C@H]4OCc3ccccc3)ccc2Cl)cc1. The Kier molecular flexibility index (Phi) is 9.45. The van der Waals surface area contributed by atoms with Gasteiger partial charge in [0.05, 0.1) is 39.1 Å². The Hall–Kier alpha value is -3.92. The fourth-order valence-electron chi connectivity index (χ4n) is 7.08. The molecule has 4 aromatic carbocycles. The summed E-state index contributed by atoms with van der Waals surface area (Å²) in [4.78, 5) is 12.3. The molecule has 8 nitrogen and oxygen atoms in total. The Balaban J connectivity index is 1.29. The van der Waals surface area contributed by atoms with Crippen LogP contribution < -0.4 is 10.1 Å². The van der Waals surface area contributed by atoms with Crippen molar-refractivity contribution in [1.82, 2.24) is 5.32 Å². The first kappa shape index (κ1) is 32.6. The highest BCUT2D eigenvalue weighted by Gasteiger charge is 2.71. The summed E-state index contributed by atoms with van der Waals surface area (Å²) < 4.78 is 39.1. The number of hydrogen-bond acceptors (Lipinski definition) is 7. The van der Waals surface area contributed by atoms with Crippen LogP contribution in [0.4, 0.5) is 4.79 Å². The van der Waals surface area contributed by atoms with Gasteiger partial charge in [0, 0.05) is 16.5 Å². The van der Waals surface area contributed by atoms with E-state index < -0.39 is 35.8 Å². The highest BCUT2D eigenvalue weighted by molar-refractivity contribution is 6.31. The van der Waals surface area contributed by atoms with E-state index in [0.29, 0.717) is 37.8 Å². The van der Waals surface area contributed by atoms with Gasteiger partial charge in [-0.1, -0.05) is 97.4 Å². The van der Waals surface area contributed by atoms with E-state index in [-0.39, 0.29) is 12.5 Å². The van der Waals surface area contributed by atoms with Crippen LogP contribution in [0.3, 0.4) is 0 Å². The van der Waals surface area contributed by atoms with Crippen LogP contribution in [-0.4, -0.2) is 49.8 Å². The van der Waals surface area contributed by atoms with E-state index in [1.54, 1.807) is 0 Å². The Labute approximate surface area is 286 Å². The van der Waals surface area contributed by atoms with Gasteiger partial charge in [0.15, 0.2) is 6.10 Å². The smallest absolute Gasteiger partial charge is 0.407 e. The van der Waals surface area contributed by atoms with Gasteiger partial charge < -0.3 is 33.7 Å². The largest absolute Gasteiger partial charge is 0.494 e. The van der Waals surface area contributed by atoms with Gasteiger partial charge in [-0.2, -0.15) is 0 Å². The summed E-state index contributed by atoms with van der Waals surface area (Å²) in [6.45, 7) is 5.80. The topological polar surface area (TPSA) is 84.5 Å². The Bertz CT molecular complexity index is 1700. The van der Waals surface area contributed by atoms with E-state index in [9.17, 15) is 4.79 Å². The van der Waals surface area contributed by atoms with Gasteiger partial charge in [-0.3, -0.25) is 0 Å². The summed E-state index contributed by atoms with van der Waals surface area (Å²) in [6, 6.07) is 33.9. The molecule has 7 rings (SSSR count). The molecule has 9 heteroatoms. The van der Waals surface area contributed by atoms with Gasteiger partial charge in [0.25, 0.3) is 0 Å². The maximum atomic E-state index is 12.3. The number of carbonyl (C=O) groups is 1. The number of cyclic esters (lactones) is 1. The molecule has 0 aliphatic carbocycles. The predicted octanol–water partition coefficient (Wildman–Crippen LogP) is 7.20. The fraction of sp³-hybridized carbons (Fsp3) is 0.359. The number of hydrogen-bond donors (Lipinski definition) is 1. The molecular weight excluding hydrogens is 630 g/mol.